The second kappa shape index (κ2) is 8.09. The van der Waals surface area contributed by atoms with Gasteiger partial charge in [0.25, 0.3) is 5.91 Å². The van der Waals surface area contributed by atoms with Crippen molar-refractivity contribution < 1.29 is 29.3 Å². The summed E-state index contributed by atoms with van der Waals surface area (Å²) in [5.74, 6) is -2.46. The highest BCUT2D eigenvalue weighted by atomic mass is 16.5. The molecule has 3 rings (SSSR count). The van der Waals surface area contributed by atoms with Crippen molar-refractivity contribution in [3.63, 3.8) is 0 Å². The van der Waals surface area contributed by atoms with Crippen molar-refractivity contribution in [1.29, 1.82) is 0 Å². The van der Waals surface area contributed by atoms with Crippen LogP contribution in [0, 0.1) is 0 Å². The van der Waals surface area contributed by atoms with E-state index in [1.54, 1.807) is 48.5 Å². The number of carbonyl (C=O) groups excluding carboxylic acids is 3. The van der Waals surface area contributed by atoms with E-state index >= 15 is 0 Å². The fourth-order valence-corrected chi connectivity index (χ4v) is 2.55. The van der Waals surface area contributed by atoms with Gasteiger partial charge in [0.2, 0.25) is 0 Å². The summed E-state index contributed by atoms with van der Waals surface area (Å²) in [4.78, 5) is 35.7. The van der Waals surface area contributed by atoms with Gasteiger partial charge in [-0.05, 0) is 18.2 Å². The van der Waals surface area contributed by atoms with Gasteiger partial charge < -0.3 is 20.3 Å². The molecule has 0 bridgehead atoms. The standard InChI is InChI=1S/C20H16N2O6/c23-16-10-15(18(25)14-9-5-4-8-13(14)16)19(26)28-11-17(24)22-20(27)21-12-6-2-1-3-7-12/h1-10,23,25H,11H2,(H2,21,22,24,27). The van der Waals surface area contributed by atoms with Gasteiger partial charge >= 0.3 is 12.0 Å². The number of anilines is 1. The van der Waals surface area contributed by atoms with Crippen LogP contribution in [0.25, 0.3) is 10.8 Å². The lowest BCUT2D eigenvalue weighted by molar-refractivity contribution is -0.123. The number of amides is 3. The molecule has 0 aliphatic rings. The Labute approximate surface area is 159 Å². The van der Waals surface area contributed by atoms with Crippen molar-refractivity contribution in [1.82, 2.24) is 5.32 Å². The summed E-state index contributed by atoms with van der Waals surface area (Å²) in [6.45, 7) is -0.742. The highest BCUT2D eigenvalue weighted by Crippen LogP contribution is 2.35. The number of phenols is 2. The molecule has 3 aromatic carbocycles. The Morgan fingerprint density at radius 3 is 2.25 bits per heavy atom. The van der Waals surface area contributed by atoms with Crippen LogP contribution in [0.15, 0.2) is 60.7 Å². The highest BCUT2D eigenvalue weighted by Gasteiger charge is 2.19. The Balaban J connectivity index is 1.61. The smallest absolute Gasteiger partial charge is 0.342 e. The van der Waals surface area contributed by atoms with Gasteiger partial charge in [-0.2, -0.15) is 0 Å². The van der Waals surface area contributed by atoms with Gasteiger partial charge in [0, 0.05) is 16.5 Å². The number of hydrogen-bond donors (Lipinski definition) is 4. The average Bonchev–Trinajstić information content (AvgIpc) is 2.69. The molecular formula is C20H16N2O6. The third kappa shape index (κ3) is 4.18. The minimum Gasteiger partial charge on any atom is -0.507 e. The van der Waals surface area contributed by atoms with Gasteiger partial charge in [0.05, 0.1) is 0 Å². The van der Waals surface area contributed by atoms with Crippen LogP contribution in [0.1, 0.15) is 10.4 Å². The summed E-state index contributed by atoms with van der Waals surface area (Å²) < 4.78 is 4.82. The molecule has 0 atom stereocenters. The number of aromatic hydroxyl groups is 2. The molecule has 3 amide bonds. The average molecular weight is 380 g/mol. The summed E-state index contributed by atoms with van der Waals surface area (Å²) in [5.41, 5.74) is 0.194. The zero-order chi connectivity index (χ0) is 20.1. The van der Waals surface area contributed by atoms with Crippen LogP contribution in [-0.4, -0.2) is 34.7 Å². The van der Waals surface area contributed by atoms with Gasteiger partial charge in [0.1, 0.15) is 17.1 Å². The Kier molecular flexibility index (Phi) is 5.40. The van der Waals surface area contributed by atoms with E-state index in [1.807, 2.05) is 5.32 Å². The lowest BCUT2D eigenvalue weighted by atomic mass is 10.0. The molecule has 0 aromatic heterocycles. The van der Waals surface area contributed by atoms with E-state index in [0.717, 1.165) is 6.07 Å². The quantitative estimate of drug-likeness (QED) is 0.407. The van der Waals surface area contributed by atoms with Gasteiger partial charge in [-0.15, -0.1) is 0 Å². The third-order valence-electron chi connectivity index (χ3n) is 3.83. The van der Waals surface area contributed by atoms with E-state index in [-0.39, 0.29) is 22.4 Å². The maximum Gasteiger partial charge on any atom is 0.342 e. The van der Waals surface area contributed by atoms with Gasteiger partial charge in [-0.3, -0.25) is 10.1 Å². The van der Waals surface area contributed by atoms with Crippen LogP contribution >= 0.6 is 0 Å². The summed E-state index contributed by atoms with van der Waals surface area (Å²) in [7, 11) is 0. The maximum atomic E-state index is 12.2. The molecular weight excluding hydrogens is 364 g/mol. The molecule has 0 fully saturated rings. The molecule has 8 heteroatoms. The molecule has 0 heterocycles. The van der Waals surface area contributed by atoms with Crippen LogP contribution in [-0.2, 0) is 9.53 Å². The lowest BCUT2D eigenvalue weighted by Gasteiger charge is -2.10. The lowest BCUT2D eigenvalue weighted by Crippen LogP contribution is -2.37. The molecule has 28 heavy (non-hydrogen) atoms. The SMILES string of the molecule is O=C(COC(=O)c1cc(O)c2ccccc2c1O)NC(=O)Nc1ccccc1. The number of ether oxygens (including phenoxy) is 1. The van der Waals surface area contributed by atoms with E-state index in [1.165, 1.54) is 6.07 Å². The monoisotopic (exact) mass is 380 g/mol. The normalized spacial score (nSPS) is 10.3. The largest absolute Gasteiger partial charge is 0.507 e. The second-order valence-electron chi connectivity index (χ2n) is 5.78. The fraction of sp³-hybridized carbons (Fsp3) is 0.0500. The molecule has 0 spiro atoms. The van der Waals surface area contributed by atoms with Crippen LogP contribution in [0.2, 0.25) is 0 Å². The first-order valence-electron chi connectivity index (χ1n) is 8.22. The van der Waals surface area contributed by atoms with Gasteiger partial charge in [0.15, 0.2) is 6.61 Å². The molecule has 8 nitrogen and oxygen atoms in total. The Morgan fingerprint density at radius 2 is 1.54 bits per heavy atom. The Hall–Kier alpha value is -4.07. The van der Waals surface area contributed by atoms with Gasteiger partial charge in [-0.25, -0.2) is 9.59 Å². The number of esters is 1. The number of carbonyl (C=O) groups is 3. The van der Waals surface area contributed by atoms with E-state index in [0.29, 0.717) is 11.1 Å². The zero-order valence-corrected chi connectivity index (χ0v) is 14.5. The topological polar surface area (TPSA) is 125 Å². The second-order valence-corrected chi connectivity index (χ2v) is 5.78. The number of benzene rings is 3. The number of nitrogens with one attached hydrogen (secondary N) is 2. The summed E-state index contributed by atoms with van der Waals surface area (Å²) >= 11 is 0. The predicted octanol–water partition coefficient (Wildman–Crippen LogP) is 2.76. The van der Waals surface area contributed by atoms with Crippen LogP contribution in [0.4, 0.5) is 10.5 Å². The predicted molar refractivity (Wildman–Crippen MR) is 101 cm³/mol. The first-order valence-corrected chi connectivity index (χ1v) is 8.22. The zero-order valence-electron chi connectivity index (χ0n) is 14.5. The minimum atomic E-state index is -1.02. The molecule has 0 unspecified atom stereocenters. The van der Waals surface area contributed by atoms with Gasteiger partial charge in [-0.1, -0.05) is 42.5 Å². The van der Waals surface area contributed by atoms with Crippen LogP contribution < -0.4 is 10.6 Å². The maximum absolute atomic E-state index is 12.2. The van der Waals surface area contributed by atoms with Crippen LogP contribution in [0.5, 0.6) is 11.5 Å². The van der Waals surface area contributed by atoms with Crippen molar-refractivity contribution in [2.45, 2.75) is 0 Å². The van der Waals surface area contributed by atoms with E-state index in [2.05, 4.69) is 5.32 Å². The number of rotatable bonds is 4. The first kappa shape index (κ1) is 18.7. The van der Waals surface area contributed by atoms with Crippen molar-refractivity contribution in [3.05, 3.63) is 66.2 Å². The molecule has 0 saturated heterocycles. The molecule has 3 aromatic rings. The number of phenolic OH excluding ortho intramolecular Hbond substituents is 2. The molecule has 142 valence electrons. The summed E-state index contributed by atoms with van der Waals surface area (Å²) in [6, 6.07) is 15.2. The highest BCUT2D eigenvalue weighted by molar-refractivity contribution is 6.05. The van der Waals surface area contributed by atoms with E-state index in [4.69, 9.17) is 4.74 Å². The number of hydrogen-bond acceptors (Lipinski definition) is 6. The summed E-state index contributed by atoms with van der Waals surface area (Å²) in [5, 5.41) is 25.3. The number of imide groups is 1. The Morgan fingerprint density at radius 1 is 0.893 bits per heavy atom. The van der Waals surface area contributed by atoms with Crippen molar-refractivity contribution in [2.24, 2.45) is 0 Å². The fourth-order valence-electron chi connectivity index (χ4n) is 2.55. The molecule has 0 aliphatic heterocycles. The molecule has 0 saturated carbocycles. The third-order valence-corrected chi connectivity index (χ3v) is 3.83. The van der Waals surface area contributed by atoms with Crippen molar-refractivity contribution in [3.8, 4) is 11.5 Å². The Bertz CT molecular complexity index is 1050. The van der Waals surface area contributed by atoms with Crippen molar-refractivity contribution in [2.75, 3.05) is 11.9 Å². The van der Waals surface area contributed by atoms with Crippen LogP contribution in [0.3, 0.4) is 0 Å². The summed E-state index contributed by atoms with van der Waals surface area (Å²) in [6.07, 6.45) is 0. The molecule has 0 radical (unpaired) electrons. The van der Waals surface area contributed by atoms with Crippen molar-refractivity contribution >= 4 is 34.4 Å². The number of urea groups is 1. The van der Waals surface area contributed by atoms with E-state index < -0.39 is 24.5 Å². The minimum absolute atomic E-state index is 0.216. The number of para-hydroxylation sites is 1. The number of fused-ring (bicyclic) bond motifs is 1. The molecule has 4 N–H and O–H groups in total. The van der Waals surface area contributed by atoms with E-state index in [9.17, 15) is 24.6 Å². The molecule has 0 aliphatic carbocycles. The first-order chi connectivity index (χ1) is 13.5.